The quantitative estimate of drug-likeness (QED) is 0.786. The van der Waals surface area contributed by atoms with Crippen LogP contribution in [-0.2, 0) is 13.1 Å². The fourth-order valence-electron chi connectivity index (χ4n) is 2.51. The standard InChI is InChI=1S/C16H18N4S/c1-17-7-12-8-18-16(15-6-4-3-5-14(12)15)20(2)9-13-10-21-11-19-13/h3-6,8,10-11,17H,7,9H2,1-2H3. The first kappa shape index (κ1) is 14.0. The summed E-state index contributed by atoms with van der Waals surface area (Å²) in [6.45, 7) is 1.59. The smallest absolute Gasteiger partial charge is 0.136 e. The molecule has 0 aliphatic rings. The minimum absolute atomic E-state index is 0.770. The molecule has 0 saturated carbocycles. The van der Waals surface area contributed by atoms with Crippen LogP contribution in [0.2, 0.25) is 0 Å². The topological polar surface area (TPSA) is 41.1 Å². The molecule has 0 aliphatic carbocycles. The molecule has 0 atom stereocenters. The number of benzene rings is 1. The Kier molecular flexibility index (Phi) is 4.13. The fourth-order valence-corrected chi connectivity index (χ4v) is 3.05. The van der Waals surface area contributed by atoms with Crippen LogP contribution in [-0.4, -0.2) is 24.1 Å². The lowest BCUT2D eigenvalue weighted by atomic mass is 10.1. The van der Waals surface area contributed by atoms with Crippen LogP contribution in [0.3, 0.4) is 0 Å². The van der Waals surface area contributed by atoms with Gasteiger partial charge in [-0.3, -0.25) is 0 Å². The van der Waals surface area contributed by atoms with Gasteiger partial charge >= 0.3 is 0 Å². The number of anilines is 1. The zero-order valence-electron chi connectivity index (χ0n) is 12.2. The van der Waals surface area contributed by atoms with Crippen LogP contribution in [0.4, 0.5) is 5.82 Å². The highest BCUT2D eigenvalue weighted by atomic mass is 32.1. The van der Waals surface area contributed by atoms with Crippen molar-refractivity contribution >= 4 is 27.9 Å². The maximum atomic E-state index is 4.67. The van der Waals surface area contributed by atoms with Gasteiger partial charge in [-0.1, -0.05) is 24.3 Å². The maximum absolute atomic E-state index is 4.67. The number of hydrogen-bond donors (Lipinski definition) is 1. The lowest BCUT2D eigenvalue weighted by molar-refractivity contribution is 0.816. The van der Waals surface area contributed by atoms with Crippen LogP contribution >= 0.6 is 11.3 Å². The molecule has 1 aromatic carbocycles. The van der Waals surface area contributed by atoms with Gasteiger partial charge in [0.2, 0.25) is 0 Å². The SMILES string of the molecule is CNCc1cnc(N(C)Cc2cscn2)c2ccccc12. The molecule has 0 bridgehead atoms. The van der Waals surface area contributed by atoms with Gasteiger partial charge in [-0.25, -0.2) is 9.97 Å². The summed E-state index contributed by atoms with van der Waals surface area (Å²) in [6, 6.07) is 8.43. The first-order valence-corrected chi connectivity index (χ1v) is 7.83. The Morgan fingerprint density at radius 1 is 1.19 bits per heavy atom. The molecule has 2 heterocycles. The molecule has 0 amide bonds. The molecule has 0 spiro atoms. The average molecular weight is 298 g/mol. The molecular formula is C16H18N4S. The Morgan fingerprint density at radius 3 is 2.71 bits per heavy atom. The van der Waals surface area contributed by atoms with Crippen molar-refractivity contribution in [3.8, 4) is 0 Å². The lowest BCUT2D eigenvalue weighted by Crippen LogP contribution is -2.18. The van der Waals surface area contributed by atoms with Crippen LogP contribution in [0, 0.1) is 0 Å². The van der Waals surface area contributed by atoms with Crippen molar-refractivity contribution in [2.24, 2.45) is 0 Å². The largest absolute Gasteiger partial charge is 0.353 e. The Morgan fingerprint density at radius 2 is 2.00 bits per heavy atom. The summed E-state index contributed by atoms with van der Waals surface area (Å²) in [7, 11) is 4.02. The number of hydrogen-bond acceptors (Lipinski definition) is 5. The molecule has 4 nitrogen and oxygen atoms in total. The van der Waals surface area contributed by atoms with E-state index in [4.69, 9.17) is 0 Å². The van der Waals surface area contributed by atoms with Gasteiger partial charge in [-0.2, -0.15) is 0 Å². The first-order valence-electron chi connectivity index (χ1n) is 6.89. The van der Waals surface area contributed by atoms with E-state index in [1.54, 1.807) is 11.3 Å². The number of rotatable bonds is 5. The van der Waals surface area contributed by atoms with E-state index in [9.17, 15) is 0 Å². The second kappa shape index (κ2) is 6.20. The third-order valence-electron chi connectivity index (χ3n) is 3.47. The van der Waals surface area contributed by atoms with E-state index in [1.165, 1.54) is 16.3 Å². The van der Waals surface area contributed by atoms with E-state index in [0.717, 1.165) is 24.6 Å². The van der Waals surface area contributed by atoms with Crippen molar-refractivity contribution in [3.63, 3.8) is 0 Å². The van der Waals surface area contributed by atoms with Gasteiger partial charge in [0.25, 0.3) is 0 Å². The number of thiazole rings is 1. The minimum atomic E-state index is 0.770. The molecule has 0 radical (unpaired) electrons. The van der Waals surface area contributed by atoms with E-state index in [0.29, 0.717) is 0 Å². The van der Waals surface area contributed by atoms with E-state index in [1.807, 2.05) is 18.8 Å². The predicted molar refractivity (Wildman–Crippen MR) is 88.7 cm³/mol. The van der Waals surface area contributed by atoms with Crippen LogP contribution in [0.25, 0.3) is 10.8 Å². The number of nitrogens with one attached hydrogen (secondary N) is 1. The second-order valence-electron chi connectivity index (χ2n) is 5.02. The number of nitrogens with zero attached hydrogens (tertiary/aromatic N) is 3. The van der Waals surface area contributed by atoms with Crippen molar-refractivity contribution in [1.82, 2.24) is 15.3 Å². The lowest BCUT2D eigenvalue weighted by Gasteiger charge is -2.20. The first-order chi connectivity index (χ1) is 10.3. The molecule has 2 aromatic heterocycles. The van der Waals surface area contributed by atoms with E-state index < -0.39 is 0 Å². The van der Waals surface area contributed by atoms with Crippen molar-refractivity contribution in [2.45, 2.75) is 13.1 Å². The summed E-state index contributed by atoms with van der Waals surface area (Å²) in [5.41, 5.74) is 4.16. The second-order valence-corrected chi connectivity index (χ2v) is 5.74. The van der Waals surface area contributed by atoms with Crippen LogP contribution in [0.5, 0.6) is 0 Å². The summed E-state index contributed by atoms with van der Waals surface area (Å²) in [4.78, 5) is 11.2. The molecule has 3 rings (SSSR count). The Balaban J connectivity index is 2.00. The van der Waals surface area contributed by atoms with Crippen molar-refractivity contribution in [1.29, 1.82) is 0 Å². The van der Waals surface area contributed by atoms with E-state index in [-0.39, 0.29) is 0 Å². The minimum Gasteiger partial charge on any atom is -0.353 e. The Hall–Kier alpha value is -1.98. The molecule has 21 heavy (non-hydrogen) atoms. The third-order valence-corrected chi connectivity index (χ3v) is 4.10. The molecule has 0 unspecified atom stereocenters. The normalized spacial score (nSPS) is 11.0. The van der Waals surface area contributed by atoms with Crippen molar-refractivity contribution < 1.29 is 0 Å². The molecule has 5 heteroatoms. The molecule has 108 valence electrons. The van der Waals surface area contributed by atoms with E-state index >= 15 is 0 Å². The van der Waals surface area contributed by atoms with Crippen LogP contribution in [0.1, 0.15) is 11.3 Å². The Labute approximate surface area is 128 Å². The van der Waals surface area contributed by atoms with Gasteiger partial charge in [-0.05, 0) is 18.0 Å². The monoisotopic (exact) mass is 298 g/mol. The fraction of sp³-hybridized carbons (Fsp3) is 0.250. The predicted octanol–water partition coefficient (Wildman–Crippen LogP) is 3.05. The maximum Gasteiger partial charge on any atom is 0.136 e. The molecule has 0 saturated heterocycles. The number of aromatic nitrogens is 2. The highest BCUT2D eigenvalue weighted by Gasteiger charge is 2.11. The van der Waals surface area contributed by atoms with Crippen molar-refractivity contribution in [2.75, 3.05) is 19.0 Å². The van der Waals surface area contributed by atoms with Gasteiger partial charge in [-0.15, -0.1) is 11.3 Å². The third kappa shape index (κ3) is 2.89. The highest BCUT2D eigenvalue weighted by Crippen LogP contribution is 2.27. The Bertz CT molecular complexity index is 724. The molecular weight excluding hydrogens is 280 g/mol. The summed E-state index contributed by atoms with van der Waals surface area (Å²) in [6.07, 6.45) is 1.96. The molecule has 3 aromatic rings. The molecule has 1 N–H and O–H groups in total. The highest BCUT2D eigenvalue weighted by molar-refractivity contribution is 7.07. The average Bonchev–Trinajstić information content (AvgIpc) is 3.00. The summed E-state index contributed by atoms with van der Waals surface area (Å²) in [5.74, 6) is 0.999. The molecule has 0 aliphatic heterocycles. The van der Waals surface area contributed by atoms with Crippen LogP contribution in [0.15, 0.2) is 41.4 Å². The number of fused-ring (bicyclic) bond motifs is 1. The zero-order chi connectivity index (χ0) is 14.7. The zero-order valence-corrected chi connectivity index (χ0v) is 13.0. The van der Waals surface area contributed by atoms with Gasteiger partial charge < -0.3 is 10.2 Å². The van der Waals surface area contributed by atoms with Gasteiger partial charge in [0.05, 0.1) is 17.7 Å². The van der Waals surface area contributed by atoms with Gasteiger partial charge in [0.15, 0.2) is 0 Å². The van der Waals surface area contributed by atoms with Gasteiger partial charge in [0.1, 0.15) is 5.82 Å². The summed E-state index contributed by atoms with van der Waals surface area (Å²) < 4.78 is 0. The summed E-state index contributed by atoms with van der Waals surface area (Å²) >= 11 is 1.62. The van der Waals surface area contributed by atoms with E-state index in [2.05, 4.69) is 56.9 Å². The summed E-state index contributed by atoms with van der Waals surface area (Å²) in [5, 5.41) is 7.71. The molecule has 0 fully saturated rings. The van der Waals surface area contributed by atoms with Crippen molar-refractivity contribution in [3.05, 3.63) is 52.6 Å². The van der Waals surface area contributed by atoms with Crippen LogP contribution < -0.4 is 10.2 Å². The number of pyridine rings is 1. The van der Waals surface area contributed by atoms with Gasteiger partial charge in [0, 0.05) is 30.6 Å².